The SMILES string of the molecule is CCCNC(CCOC)Cc1ccc2ccccc2n1. The smallest absolute Gasteiger partial charge is 0.0705 e. The van der Waals surface area contributed by atoms with Crippen molar-refractivity contribution in [1.29, 1.82) is 0 Å². The quantitative estimate of drug-likeness (QED) is 0.801. The predicted molar refractivity (Wildman–Crippen MR) is 84.0 cm³/mol. The second-order valence-electron chi connectivity index (χ2n) is 5.13. The van der Waals surface area contributed by atoms with Gasteiger partial charge in [0, 0.05) is 37.3 Å². The number of aromatic nitrogens is 1. The average molecular weight is 272 g/mol. The molecule has 1 atom stereocenters. The molecule has 0 bridgehead atoms. The Bertz CT molecular complexity index is 519. The molecule has 0 spiro atoms. The van der Waals surface area contributed by atoms with E-state index < -0.39 is 0 Å². The zero-order chi connectivity index (χ0) is 14.2. The Balaban J connectivity index is 2.06. The molecule has 1 aromatic heterocycles. The predicted octanol–water partition coefficient (Wildman–Crippen LogP) is 3.18. The van der Waals surface area contributed by atoms with Crippen molar-refractivity contribution < 1.29 is 4.74 Å². The molecule has 20 heavy (non-hydrogen) atoms. The molecule has 0 fully saturated rings. The molecule has 0 aliphatic heterocycles. The van der Waals surface area contributed by atoms with Crippen molar-refractivity contribution in [1.82, 2.24) is 10.3 Å². The maximum absolute atomic E-state index is 5.20. The highest BCUT2D eigenvalue weighted by atomic mass is 16.5. The second kappa shape index (κ2) is 7.98. The molecule has 0 aliphatic rings. The highest BCUT2D eigenvalue weighted by Gasteiger charge is 2.10. The van der Waals surface area contributed by atoms with Gasteiger partial charge in [-0.05, 0) is 31.5 Å². The number of fused-ring (bicyclic) bond motifs is 1. The van der Waals surface area contributed by atoms with Crippen LogP contribution in [0.2, 0.25) is 0 Å². The lowest BCUT2D eigenvalue weighted by atomic mass is 10.1. The van der Waals surface area contributed by atoms with Crippen LogP contribution in [0.1, 0.15) is 25.5 Å². The molecule has 0 aliphatic carbocycles. The Labute approximate surface area is 121 Å². The summed E-state index contributed by atoms with van der Waals surface area (Å²) < 4.78 is 5.20. The van der Waals surface area contributed by atoms with E-state index >= 15 is 0 Å². The summed E-state index contributed by atoms with van der Waals surface area (Å²) in [5, 5.41) is 4.78. The van der Waals surface area contributed by atoms with Crippen molar-refractivity contribution in [3.8, 4) is 0 Å². The Morgan fingerprint density at radius 2 is 2.05 bits per heavy atom. The number of benzene rings is 1. The van der Waals surface area contributed by atoms with Gasteiger partial charge in [0.15, 0.2) is 0 Å². The topological polar surface area (TPSA) is 34.1 Å². The molecule has 2 rings (SSSR count). The molecule has 0 saturated carbocycles. The third-order valence-corrected chi connectivity index (χ3v) is 3.47. The van der Waals surface area contributed by atoms with Crippen LogP contribution < -0.4 is 5.32 Å². The number of hydrogen-bond donors (Lipinski definition) is 1. The average Bonchev–Trinajstić information content (AvgIpc) is 2.50. The molecule has 1 heterocycles. The van der Waals surface area contributed by atoms with E-state index in [2.05, 4.69) is 36.5 Å². The molecule has 3 heteroatoms. The summed E-state index contributed by atoms with van der Waals surface area (Å²) in [5.74, 6) is 0. The summed E-state index contributed by atoms with van der Waals surface area (Å²) in [6.07, 6.45) is 3.12. The molecule has 108 valence electrons. The fraction of sp³-hybridized carbons (Fsp3) is 0.471. The molecule has 1 unspecified atom stereocenters. The van der Waals surface area contributed by atoms with Gasteiger partial charge in [-0.1, -0.05) is 31.2 Å². The minimum Gasteiger partial charge on any atom is -0.385 e. The fourth-order valence-electron chi connectivity index (χ4n) is 2.36. The first-order valence-corrected chi connectivity index (χ1v) is 7.40. The van der Waals surface area contributed by atoms with Gasteiger partial charge in [0.25, 0.3) is 0 Å². The van der Waals surface area contributed by atoms with Gasteiger partial charge in [0.1, 0.15) is 0 Å². The normalized spacial score (nSPS) is 12.7. The number of para-hydroxylation sites is 1. The largest absolute Gasteiger partial charge is 0.385 e. The van der Waals surface area contributed by atoms with Gasteiger partial charge < -0.3 is 10.1 Å². The minimum absolute atomic E-state index is 0.434. The van der Waals surface area contributed by atoms with Crippen LogP contribution in [0, 0.1) is 0 Å². The van der Waals surface area contributed by atoms with Crippen molar-refractivity contribution in [3.05, 3.63) is 42.1 Å². The minimum atomic E-state index is 0.434. The first-order chi connectivity index (χ1) is 9.83. The third kappa shape index (κ3) is 4.29. The Hall–Kier alpha value is -1.45. The lowest BCUT2D eigenvalue weighted by Crippen LogP contribution is -2.33. The lowest BCUT2D eigenvalue weighted by Gasteiger charge is -2.18. The molecule has 0 radical (unpaired) electrons. The van der Waals surface area contributed by atoms with E-state index in [-0.39, 0.29) is 0 Å². The van der Waals surface area contributed by atoms with E-state index in [1.165, 1.54) is 5.39 Å². The Morgan fingerprint density at radius 3 is 2.85 bits per heavy atom. The summed E-state index contributed by atoms with van der Waals surface area (Å²) in [4.78, 5) is 4.75. The molecular formula is C17H24N2O. The number of nitrogens with zero attached hydrogens (tertiary/aromatic N) is 1. The number of rotatable bonds is 8. The summed E-state index contributed by atoms with van der Waals surface area (Å²) in [6.45, 7) is 4.02. The van der Waals surface area contributed by atoms with Crippen LogP contribution >= 0.6 is 0 Å². The number of nitrogens with one attached hydrogen (secondary N) is 1. The van der Waals surface area contributed by atoms with Crippen LogP contribution in [-0.4, -0.2) is 31.3 Å². The van der Waals surface area contributed by atoms with Gasteiger partial charge in [-0.15, -0.1) is 0 Å². The van der Waals surface area contributed by atoms with Crippen LogP contribution in [0.15, 0.2) is 36.4 Å². The fourth-order valence-corrected chi connectivity index (χ4v) is 2.36. The number of methoxy groups -OCH3 is 1. The van der Waals surface area contributed by atoms with Crippen molar-refractivity contribution >= 4 is 10.9 Å². The van der Waals surface area contributed by atoms with Gasteiger partial charge in [-0.3, -0.25) is 4.98 Å². The monoisotopic (exact) mass is 272 g/mol. The van der Waals surface area contributed by atoms with Crippen LogP contribution in [-0.2, 0) is 11.2 Å². The second-order valence-corrected chi connectivity index (χ2v) is 5.13. The van der Waals surface area contributed by atoms with E-state index in [0.717, 1.165) is 43.6 Å². The van der Waals surface area contributed by atoms with Crippen molar-refractivity contribution in [2.45, 2.75) is 32.2 Å². The zero-order valence-corrected chi connectivity index (χ0v) is 12.4. The first kappa shape index (κ1) is 14.9. The van der Waals surface area contributed by atoms with Gasteiger partial charge in [0.2, 0.25) is 0 Å². The van der Waals surface area contributed by atoms with Crippen LogP contribution in [0.25, 0.3) is 10.9 Å². The third-order valence-electron chi connectivity index (χ3n) is 3.47. The standard InChI is InChI=1S/C17H24N2O/c1-3-11-18-15(10-12-20-2)13-16-9-8-14-6-4-5-7-17(14)19-16/h4-9,15,18H,3,10-13H2,1-2H3. The van der Waals surface area contributed by atoms with Gasteiger partial charge >= 0.3 is 0 Å². The van der Waals surface area contributed by atoms with Crippen LogP contribution in [0.4, 0.5) is 0 Å². The molecule has 3 nitrogen and oxygen atoms in total. The summed E-state index contributed by atoms with van der Waals surface area (Å²) in [6, 6.07) is 13.0. The first-order valence-electron chi connectivity index (χ1n) is 7.40. The van der Waals surface area contributed by atoms with Crippen molar-refractivity contribution in [2.75, 3.05) is 20.3 Å². The van der Waals surface area contributed by atoms with E-state index in [0.29, 0.717) is 6.04 Å². The molecule has 0 amide bonds. The highest BCUT2D eigenvalue weighted by Crippen LogP contribution is 2.13. The van der Waals surface area contributed by atoms with Crippen LogP contribution in [0.3, 0.4) is 0 Å². The van der Waals surface area contributed by atoms with Crippen molar-refractivity contribution in [3.63, 3.8) is 0 Å². The Morgan fingerprint density at radius 1 is 1.20 bits per heavy atom. The summed E-state index contributed by atoms with van der Waals surface area (Å²) in [5.41, 5.74) is 2.22. The maximum atomic E-state index is 5.20. The Kier molecular flexibility index (Phi) is 5.96. The summed E-state index contributed by atoms with van der Waals surface area (Å²) >= 11 is 0. The molecule has 2 aromatic rings. The van der Waals surface area contributed by atoms with Gasteiger partial charge in [0.05, 0.1) is 5.52 Å². The van der Waals surface area contributed by atoms with E-state index in [1.807, 2.05) is 12.1 Å². The summed E-state index contributed by atoms with van der Waals surface area (Å²) in [7, 11) is 1.76. The highest BCUT2D eigenvalue weighted by molar-refractivity contribution is 5.78. The number of pyridine rings is 1. The van der Waals surface area contributed by atoms with E-state index in [1.54, 1.807) is 7.11 Å². The van der Waals surface area contributed by atoms with E-state index in [4.69, 9.17) is 9.72 Å². The molecule has 0 saturated heterocycles. The number of hydrogen-bond acceptors (Lipinski definition) is 3. The lowest BCUT2D eigenvalue weighted by molar-refractivity contribution is 0.182. The van der Waals surface area contributed by atoms with Crippen molar-refractivity contribution in [2.24, 2.45) is 0 Å². The molecular weight excluding hydrogens is 248 g/mol. The maximum Gasteiger partial charge on any atom is 0.0705 e. The van der Waals surface area contributed by atoms with Gasteiger partial charge in [-0.25, -0.2) is 0 Å². The number of ether oxygens (including phenoxy) is 1. The van der Waals surface area contributed by atoms with Crippen LogP contribution in [0.5, 0.6) is 0 Å². The molecule has 1 N–H and O–H groups in total. The van der Waals surface area contributed by atoms with E-state index in [9.17, 15) is 0 Å². The van der Waals surface area contributed by atoms with Gasteiger partial charge in [-0.2, -0.15) is 0 Å². The molecule has 1 aromatic carbocycles. The zero-order valence-electron chi connectivity index (χ0n) is 12.4.